The molecule has 0 radical (unpaired) electrons. The van der Waals surface area contributed by atoms with E-state index in [1.807, 2.05) is 36.4 Å². The van der Waals surface area contributed by atoms with Gasteiger partial charge in [0.05, 0.1) is 5.56 Å². The first-order valence-electron chi connectivity index (χ1n) is 7.93. The van der Waals surface area contributed by atoms with Crippen molar-refractivity contribution in [1.82, 2.24) is 0 Å². The lowest BCUT2D eigenvalue weighted by atomic mass is 10.0. The standard InChI is InChI=1S/C22H14O3/c23-14-15-5-3-9-19(11-15)22(24)25-21-10-4-8-18-12-16-6-1-2-7-17(16)13-20(18)21/h1-14H. The van der Waals surface area contributed by atoms with Crippen molar-refractivity contribution in [2.45, 2.75) is 0 Å². The van der Waals surface area contributed by atoms with Crippen LogP contribution in [0.2, 0.25) is 0 Å². The number of hydrogen-bond acceptors (Lipinski definition) is 3. The monoisotopic (exact) mass is 326 g/mol. The third kappa shape index (κ3) is 2.88. The van der Waals surface area contributed by atoms with Crippen molar-refractivity contribution in [2.24, 2.45) is 0 Å². The predicted octanol–water partition coefficient (Wildman–Crippen LogP) is 5.02. The normalized spacial score (nSPS) is 10.7. The Labute approximate surface area is 144 Å². The zero-order valence-electron chi connectivity index (χ0n) is 13.3. The van der Waals surface area contributed by atoms with Crippen LogP contribution in [-0.2, 0) is 0 Å². The van der Waals surface area contributed by atoms with Crippen LogP contribution in [0.15, 0.2) is 78.9 Å². The SMILES string of the molecule is O=Cc1cccc(C(=O)Oc2cccc3cc4ccccc4cc23)c1. The highest BCUT2D eigenvalue weighted by molar-refractivity contribution is 6.02. The lowest BCUT2D eigenvalue weighted by Crippen LogP contribution is -2.09. The average Bonchev–Trinajstić information content (AvgIpc) is 2.67. The molecule has 0 saturated heterocycles. The minimum Gasteiger partial charge on any atom is -0.422 e. The van der Waals surface area contributed by atoms with Gasteiger partial charge in [-0.2, -0.15) is 0 Å². The molecule has 0 aromatic heterocycles. The Hall–Kier alpha value is -3.46. The highest BCUT2D eigenvalue weighted by Crippen LogP contribution is 2.30. The van der Waals surface area contributed by atoms with Gasteiger partial charge in [0.25, 0.3) is 0 Å². The summed E-state index contributed by atoms with van der Waals surface area (Å²) in [6.07, 6.45) is 0.709. The number of aldehydes is 1. The molecule has 0 bridgehead atoms. The van der Waals surface area contributed by atoms with E-state index < -0.39 is 5.97 Å². The minimum absolute atomic E-state index is 0.349. The summed E-state index contributed by atoms with van der Waals surface area (Å²) in [6.45, 7) is 0. The van der Waals surface area contributed by atoms with Gasteiger partial charge < -0.3 is 4.74 Å². The Bertz CT molecular complexity index is 1110. The summed E-state index contributed by atoms with van der Waals surface area (Å²) < 4.78 is 5.61. The molecule has 3 nitrogen and oxygen atoms in total. The summed E-state index contributed by atoms with van der Waals surface area (Å²) >= 11 is 0. The maximum atomic E-state index is 12.5. The van der Waals surface area contributed by atoms with Crippen molar-refractivity contribution in [3.05, 3.63) is 90.0 Å². The second kappa shape index (κ2) is 6.21. The number of benzene rings is 4. The molecule has 0 heterocycles. The van der Waals surface area contributed by atoms with Gasteiger partial charge in [-0.25, -0.2) is 4.79 Å². The van der Waals surface area contributed by atoms with Crippen LogP contribution in [0.3, 0.4) is 0 Å². The van der Waals surface area contributed by atoms with Gasteiger partial charge in [0.1, 0.15) is 12.0 Å². The summed E-state index contributed by atoms with van der Waals surface area (Å²) in [4.78, 5) is 23.3. The van der Waals surface area contributed by atoms with Crippen molar-refractivity contribution in [3.8, 4) is 5.75 Å². The van der Waals surface area contributed by atoms with Crippen LogP contribution in [0, 0.1) is 0 Å². The van der Waals surface area contributed by atoms with E-state index in [0.29, 0.717) is 23.2 Å². The molecule has 0 aliphatic heterocycles. The smallest absolute Gasteiger partial charge is 0.343 e. The number of carbonyl (C=O) groups is 2. The van der Waals surface area contributed by atoms with E-state index in [9.17, 15) is 9.59 Å². The van der Waals surface area contributed by atoms with Gasteiger partial charge in [-0.15, -0.1) is 0 Å². The molecule has 0 unspecified atom stereocenters. The third-order valence-electron chi connectivity index (χ3n) is 4.17. The Morgan fingerprint density at radius 3 is 2.28 bits per heavy atom. The molecule has 0 aliphatic rings. The summed E-state index contributed by atoms with van der Waals surface area (Å²) in [7, 11) is 0. The third-order valence-corrected chi connectivity index (χ3v) is 4.17. The molecule has 4 rings (SSSR count). The van der Waals surface area contributed by atoms with Crippen molar-refractivity contribution >= 4 is 33.8 Å². The minimum atomic E-state index is -0.482. The first-order chi connectivity index (χ1) is 12.2. The van der Waals surface area contributed by atoms with Crippen LogP contribution >= 0.6 is 0 Å². The van der Waals surface area contributed by atoms with Gasteiger partial charge in [-0.1, -0.05) is 48.5 Å². The van der Waals surface area contributed by atoms with E-state index in [-0.39, 0.29) is 0 Å². The first kappa shape index (κ1) is 15.1. The summed E-state index contributed by atoms with van der Waals surface area (Å²) in [5, 5.41) is 4.10. The molecule has 0 N–H and O–H groups in total. The first-order valence-corrected chi connectivity index (χ1v) is 7.93. The second-order valence-corrected chi connectivity index (χ2v) is 5.81. The van der Waals surface area contributed by atoms with Gasteiger partial charge in [-0.05, 0) is 46.5 Å². The van der Waals surface area contributed by atoms with E-state index in [1.165, 1.54) is 6.07 Å². The van der Waals surface area contributed by atoms with Crippen LogP contribution in [0.1, 0.15) is 20.7 Å². The van der Waals surface area contributed by atoms with Gasteiger partial charge in [0.2, 0.25) is 0 Å². The van der Waals surface area contributed by atoms with E-state index in [2.05, 4.69) is 12.1 Å². The van der Waals surface area contributed by atoms with Crippen LogP contribution in [0.4, 0.5) is 0 Å². The lowest BCUT2D eigenvalue weighted by Gasteiger charge is -2.09. The Morgan fingerprint density at radius 2 is 1.48 bits per heavy atom. The van der Waals surface area contributed by atoms with Crippen molar-refractivity contribution in [2.75, 3.05) is 0 Å². The van der Waals surface area contributed by atoms with Crippen molar-refractivity contribution in [1.29, 1.82) is 0 Å². The molecular formula is C22H14O3. The molecule has 0 amide bonds. The Kier molecular flexibility index (Phi) is 3.75. The highest BCUT2D eigenvalue weighted by Gasteiger charge is 2.12. The summed E-state index contributed by atoms with van der Waals surface area (Å²) in [5.74, 6) is 0.0223. The van der Waals surface area contributed by atoms with E-state index in [1.54, 1.807) is 24.3 Å². The number of carbonyl (C=O) groups excluding carboxylic acids is 2. The Morgan fingerprint density at radius 1 is 0.760 bits per heavy atom. The molecule has 0 saturated carbocycles. The van der Waals surface area contributed by atoms with Crippen LogP contribution in [0.25, 0.3) is 21.5 Å². The molecule has 4 aromatic carbocycles. The molecule has 0 spiro atoms. The summed E-state index contributed by atoms with van der Waals surface area (Å²) in [5.41, 5.74) is 0.792. The number of hydrogen-bond donors (Lipinski definition) is 0. The van der Waals surface area contributed by atoms with Gasteiger partial charge in [0, 0.05) is 10.9 Å². The van der Waals surface area contributed by atoms with Crippen LogP contribution in [-0.4, -0.2) is 12.3 Å². The molecule has 0 fully saturated rings. The lowest BCUT2D eigenvalue weighted by molar-refractivity contribution is 0.0737. The average molecular weight is 326 g/mol. The predicted molar refractivity (Wildman–Crippen MR) is 98.2 cm³/mol. The molecule has 0 aliphatic carbocycles. The van der Waals surface area contributed by atoms with Crippen LogP contribution in [0.5, 0.6) is 5.75 Å². The zero-order valence-corrected chi connectivity index (χ0v) is 13.3. The largest absolute Gasteiger partial charge is 0.422 e. The van der Waals surface area contributed by atoms with Gasteiger partial charge >= 0.3 is 5.97 Å². The van der Waals surface area contributed by atoms with Crippen molar-refractivity contribution in [3.63, 3.8) is 0 Å². The number of esters is 1. The molecule has 25 heavy (non-hydrogen) atoms. The maximum absolute atomic E-state index is 12.5. The van der Waals surface area contributed by atoms with E-state index in [0.717, 1.165) is 21.5 Å². The number of ether oxygens (including phenoxy) is 1. The zero-order chi connectivity index (χ0) is 17.2. The van der Waals surface area contributed by atoms with Gasteiger partial charge in [0.15, 0.2) is 0 Å². The molecular weight excluding hydrogens is 312 g/mol. The summed E-state index contributed by atoms with van der Waals surface area (Å²) in [6, 6.07) is 24.3. The van der Waals surface area contributed by atoms with Crippen LogP contribution < -0.4 is 4.74 Å². The van der Waals surface area contributed by atoms with Crippen molar-refractivity contribution < 1.29 is 14.3 Å². The highest BCUT2D eigenvalue weighted by atomic mass is 16.5. The molecule has 3 heteroatoms. The fourth-order valence-corrected chi connectivity index (χ4v) is 2.92. The van der Waals surface area contributed by atoms with E-state index in [4.69, 9.17) is 4.74 Å². The maximum Gasteiger partial charge on any atom is 0.343 e. The topological polar surface area (TPSA) is 43.4 Å². The van der Waals surface area contributed by atoms with E-state index >= 15 is 0 Å². The second-order valence-electron chi connectivity index (χ2n) is 5.81. The molecule has 0 atom stereocenters. The quantitative estimate of drug-likeness (QED) is 0.230. The number of fused-ring (bicyclic) bond motifs is 2. The molecule has 4 aromatic rings. The number of rotatable bonds is 3. The fraction of sp³-hybridized carbons (Fsp3) is 0. The van der Waals surface area contributed by atoms with Gasteiger partial charge in [-0.3, -0.25) is 4.79 Å². The fourth-order valence-electron chi connectivity index (χ4n) is 2.92. The Balaban J connectivity index is 1.76. The molecule has 120 valence electrons.